The van der Waals surface area contributed by atoms with Gasteiger partial charge >= 0.3 is 0 Å². The van der Waals surface area contributed by atoms with E-state index in [9.17, 15) is 8.42 Å². The van der Waals surface area contributed by atoms with Crippen LogP contribution in [0.25, 0.3) is 0 Å². The Balaban J connectivity index is 1.92. The van der Waals surface area contributed by atoms with Crippen LogP contribution < -0.4 is 5.14 Å². The predicted octanol–water partition coefficient (Wildman–Crippen LogP) is -0.386. The molecule has 0 bridgehead atoms. The second-order valence-corrected chi connectivity index (χ2v) is 6.32. The molecule has 1 saturated heterocycles. The molecule has 1 aliphatic rings. The molecule has 0 radical (unpaired) electrons. The van der Waals surface area contributed by atoms with E-state index in [4.69, 9.17) is 5.14 Å². The molecule has 7 nitrogen and oxygen atoms in total. The molecule has 1 aromatic heterocycles. The van der Waals surface area contributed by atoms with E-state index in [1.165, 1.54) is 4.31 Å². The molecule has 8 heteroatoms. The van der Waals surface area contributed by atoms with Crippen LogP contribution in [-0.2, 0) is 23.3 Å². The van der Waals surface area contributed by atoms with Crippen molar-refractivity contribution in [3.63, 3.8) is 0 Å². The Kier molecular flexibility index (Phi) is 4.56. The second-order valence-electron chi connectivity index (χ2n) is 4.77. The van der Waals surface area contributed by atoms with Gasteiger partial charge in [0.2, 0.25) is 0 Å². The summed E-state index contributed by atoms with van der Waals surface area (Å²) in [6, 6.07) is 0. The van der Waals surface area contributed by atoms with Gasteiger partial charge in [-0.3, -0.25) is 4.90 Å². The highest BCUT2D eigenvalue weighted by Crippen LogP contribution is 2.09. The number of aromatic nitrogens is 2. The molecular weight excluding hydrogens is 266 g/mol. The minimum absolute atomic E-state index is 0.452. The first-order chi connectivity index (χ1) is 8.99. The quantitative estimate of drug-likeness (QED) is 0.817. The van der Waals surface area contributed by atoms with Gasteiger partial charge in [-0.05, 0) is 19.9 Å². The van der Waals surface area contributed by atoms with Gasteiger partial charge in [0.15, 0.2) is 0 Å². The number of nitrogens with two attached hydrogens (primary N) is 1. The summed E-state index contributed by atoms with van der Waals surface area (Å²) in [5.74, 6) is 0. The van der Waals surface area contributed by atoms with E-state index in [1.54, 1.807) is 0 Å². The third-order valence-electron chi connectivity index (χ3n) is 3.34. The summed E-state index contributed by atoms with van der Waals surface area (Å²) in [6.07, 6.45) is 4.65. The highest BCUT2D eigenvalue weighted by molar-refractivity contribution is 7.86. The Morgan fingerprint density at radius 1 is 1.32 bits per heavy atom. The van der Waals surface area contributed by atoms with Crippen molar-refractivity contribution in [2.24, 2.45) is 5.14 Å². The maximum absolute atomic E-state index is 11.3. The number of nitrogens with zero attached hydrogens (tertiary/aromatic N) is 4. The Morgan fingerprint density at radius 2 is 2.11 bits per heavy atom. The van der Waals surface area contributed by atoms with E-state index < -0.39 is 10.2 Å². The average Bonchev–Trinajstić information content (AvgIpc) is 2.65. The van der Waals surface area contributed by atoms with Crippen LogP contribution in [0.4, 0.5) is 0 Å². The lowest BCUT2D eigenvalue weighted by Gasteiger charge is -2.19. The summed E-state index contributed by atoms with van der Waals surface area (Å²) >= 11 is 0. The molecule has 0 aromatic carbocycles. The van der Waals surface area contributed by atoms with E-state index in [2.05, 4.69) is 16.8 Å². The molecular formula is C11H21N5O2S. The van der Waals surface area contributed by atoms with Gasteiger partial charge in [0.25, 0.3) is 10.2 Å². The lowest BCUT2D eigenvalue weighted by molar-refractivity contribution is 0.276. The van der Waals surface area contributed by atoms with Crippen LogP contribution in [0, 0.1) is 0 Å². The number of rotatable bonds is 4. The monoisotopic (exact) mass is 287 g/mol. The smallest absolute Gasteiger partial charge is 0.276 e. The minimum atomic E-state index is -3.56. The molecule has 2 N–H and O–H groups in total. The van der Waals surface area contributed by atoms with Crippen LogP contribution in [0.2, 0.25) is 0 Å². The molecule has 0 unspecified atom stereocenters. The van der Waals surface area contributed by atoms with Crippen molar-refractivity contribution in [2.45, 2.75) is 26.4 Å². The fraction of sp³-hybridized carbons (Fsp3) is 0.727. The van der Waals surface area contributed by atoms with Crippen molar-refractivity contribution in [1.29, 1.82) is 0 Å². The molecule has 2 rings (SSSR count). The van der Waals surface area contributed by atoms with Gasteiger partial charge < -0.3 is 4.57 Å². The molecule has 0 saturated carbocycles. The van der Waals surface area contributed by atoms with Crippen LogP contribution in [0.5, 0.6) is 0 Å². The zero-order valence-corrected chi connectivity index (χ0v) is 12.0. The third kappa shape index (κ3) is 4.00. The fourth-order valence-electron chi connectivity index (χ4n) is 2.25. The van der Waals surface area contributed by atoms with Crippen molar-refractivity contribution in [3.8, 4) is 0 Å². The predicted molar refractivity (Wildman–Crippen MR) is 72.5 cm³/mol. The van der Waals surface area contributed by atoms with Crippen LogP contribution in [0.1, 0.15) is 19.0 Å². The molecule has 0 amide bonds. The third-order valence-corrected chi connectivity index (χ3v) is 4.43. The molecule has 1 fully saturated rings. The van der Waals surface area contributed by atoms with Gasteiger partial charge in [0.05, 0.1) is 12.0 Å². The molecule has 19 heavy (non-hydrogen) atoms. The second kappa shape index (κ2) is 6.00. The first-order valence-electron chi connectivity index (χ1n) is 6.50. The Labute approximate surface area is 114 Å². The first-order valence-corrected chi connectivity index (χ1v) is 8.00. The van der Waals surface area contributed by atoms with Gasteiger partial charge in [0, 0.05) is 38.9 Å². The molecule has 0 spiro atoms. The fourth-order valence-corrected chi connectivity index (χ4v) is 2.97. The van der Waals surface area contributed by atoms with E-state index in [1.807, 2.05) is 17.1 Å². The van der Waals surface area contributed by atoms with Crippen LogP contribution in [0.15, 0.2) is 12.5 Å². The van der Waals surface area contributed by atoms with Gasteiger partial charge in [-0.15, -0.1) is 0 Å². The average molecular weight is 287 g/mol. The highest BCUT2D eigenvalue weighted by Gasteiger charge is 2.22. The summed E-state index contributed by atoms with van der Waals surface area (Å²) in [5.41, 5.74) is 1.02. The van der Waals surface area contributed by atoms with Gasteiger partial charge in [-0.25, -0.2) is 10.1 Å². The van der Waals surface area contributed by atoms with Gasteiger partial charge in [0.1, 0.15) is 0 Å². The summed E-state index contributed by atoms with van der Waals surface area (Å²) in [4.78, 5) is 6.56. The number of aryl methyl sites for hydroxylation is 1. The highest BCUT2D eigenvalue weighted by atomic mass is 32.2. The molecule has 0 aliphatic carbocycles. The maximum Gasteiger partial charge on any atom is 0.276 e. The summed E-state index contributed by atoms with van der Waals surface area (Å²) in [7, 11) is -3.56. The summed E-state index contributed by atoms with van der Waals surface area (Å²) < 4.78 is 26.0. The Hall–Kier alpha value is -0.960. The van der Waals surface area contributed by atoms with Gasteiger partial charge in [-0.1, -0.05) is 0 Å². The number of hydrogen-bond acceptors (Lipinski definition) is 4. The molecule has 108 valence electrons. The maximum atomic E-state index is 11.3. The van der Waals surface area contributed by atoms with Crippen molar-refractivity contribution in [3.05, 3.63) is 18.2 Å². The summed E-state index contributed by atoms with van der Waals surface area (Å²) in [5, 5.41) is 5.16. The van der Waals surface area contributed by atoms with Crippen molar-refractivity contribution >= 4 is 10.2 Å². The lowest BCUT2D eigenvalue weighted by Crippen LogP contribution is -2.39. The van der Waals surface area contributed by atoms with E-state index in [0.717, 1.165) is 31.7 Å². The van der Waals surface area contributed by atoms with Crippen LogP contribution in [0.3, 0.4) is 0 Å². The Bertz CT molecular complexity index is 513. The lowest BCUT2D eigenvalue weighted by atomic mass is 10.3. The first kappa shape index (κ1) is 14.4. The van der Waals surface area contributed by atoms with Crippen LogP contribution >= 0.6 is 0 Å². The zero-order valence-electron chi connectivity index (χ0n) is 11.2. The molecule has 0 atom stereocenters. The largest absolute Gasteiger partial charge is 0.337 e. The topological polar surface area (TPSA) is 84.5 Å². The zero-order chi connectivity index (χ0) is 13.9. The molecule has 1 aliphatic heterocycles. The molecule has 1 aromatic rings. The normalized spacial score (nSPS) is 19.5. The number of imidazole rings is 1. The van der Waals surface area contributed by atoms with E-state index >= 15 is 0 Å². The van der Waals surface area contributed by atoms with Gasteiger partial charge in [-0.2, -0.15) is 12.7 Å². The van der Waals surface area contributed by atoms with Crippen molar-refractivity contribution in [1.82, 2.24) is 18.8 Å². The standard InChI is InChI=1S/C11H21N5O2S/c1-2-14-8-11(13-10-14)9-15-4-3-5-16(7-6-15)19(12,17)18/h8,10H,2-7,9H2,1H3,(H2,12,17,18). The summed E-state index contributed by atoms with van der Waals surface area (Å²) in [6.45, 7) is 6.24. The van der Waals surface area contributed by atoms with Crippen molar-refractivity contribution < 1.29 is 8.42 Å². The van der Waals surface area contributed by atoms with Crippen molar-refractivity contribution in [2.75, 3.05) is 26.2 Å². The number of hydrogen-bond donors (Lipinski definition) is 1. The SMILES string of the molecule is CCn1cnc(CN2CCCN(S(N)(=O)=O)CC2)c1. The van der Waals surface area contributed by atoms with Crippen LogP contribution in [-0.4, -0.2) is 53.4 Å². The van der Waals surface area contributed by atoms with E-state index in [0.29, 0.717) is 19.6 Å². The molecule has 2 heterocycles. The van der Waals surface area contributed by atoms with E-state index in [-0.39, 0.29) is 0 Å². The Morgan fingerprint density at radius 3 is 2.74 bits per heavy atom. The minimum Gasteiger partial charge on any atom is -0.337 e.